The van der Waals surface area contributed by atoms with Crippen molar-refractivity contribution >= 4 is 5.91 Å². The van der Waals surface area contributed by atoms with Crippen LogP contribution in [0.1, 0.15) is 48.5 Å². The number of carbonyl (C=O) groups excluding carboxylic acids is 1. The van der Waals surface area contributed by atoms with Gasteiger partial charge in [0.05, 0.1) is 12.1 Å². The maximum Gasteiger partial charge on any atom is 0.251 e. The molecule has 1 aliphatic rings. The highest BCUT2D eigenvalue weighted by atomic mass is 16.3. The molecule has 0 aliphatic heterocycles. The van der Waals surface area contributed by atoms with E-state index >= 15 is 0 Å². The molecule has 1 aromatic carbocycles. The summed E-state index contributed by atoms with van der Waals surface area (Å²) in [7, 11) is 0. The Morgan fingerprint density at radius 1 is 1.28 bits per heavy atom. The number of carbonyl (C=O) groups is 1. The standard InChI is InChI=1S/C15H21NO2/c1-2-11-7-9-12(10-8-11)15(18)16-13-5-3-4-6-14(13)17/h7-10,13-14,17H,2-6H2,1H3,(H,16,18)/t13-,14-/m1/s1. The predicted octanol–water partition coefficient (Wildman–Crippen LogP) is 2.28. The van der Waals surface area contributed by atoms with Crippen LogP contribution in [0.3, 0.4) is 0 Å². The van der Waals surface area contributed by atoms with Crippen molar-refractivity contribution < 1.29 is 9.90 Å². The van der Waals surface area contributed by atoms with E-state index < -0.39 is 6.10 Å². The molecule has 1 aliphatic carbocycles. The van der Waals surface area contributed by atoms with E-state index in [1.165, 1.54) is 5.56 Å². The minimum absolute atomic E-state index is 0.0800. The van der Waals surface area contributed by atoms with Crippen molar-refractivity contribution in [1.82, 2.24) is 5.32 Å². The average molecular weight is 247 g/mol. The Hall–Kier alpha value is -1.35. The number of aryl methyl sites for hydroxylation is 1. The Labute approximate surface area is 108 Å². The van der Waals surface area contributed by atoms with Crippen LogP contribution >= 0.6 is 0 Å². The first kappa shape index (κ1) is 13.1. The fraction of sp³-hybridized carbons (Fsp3) is 0.533. The molecule has 3 heteroatoms. The minimum Gasteiger partial charge on any atom is -0.391 e. The summed E-state index contributed by atoms with van der Waals surface area (Å²) < 4.78 is 0. The SMILES string of the molecule is CCc1ccc(C(=O)N[C@@H]2CCCC[C@H]2O)cc1. The quantitative estimate of drug-likeness (QED) is 0.861. The third kappa shape index (κ3) is 3.10. The van der Waals surface area contributed by atoms with Gasteiger partial charge in [0.2, 0.25) is 0 Å². The van der Waals surface area contributed by atoms with E-state index in [1.807, 2.05) is 24.3 Å². The largest absolute Gasteiger partial charge is 0.391 e. The third-order valence-corrected chi connectivity index (χ3v) is 3.67. The van der Waals surface area contributed by atoms with Gasteiger partial charge < -0.3 is 10.4 Å². The van der Waals surface area contributed by atoms with Gasteiger partial charge >= 0.3 is 0 Å². The Kier molecular flexibility index (Phi) is 4.37. The zero-order valence-corrected chi connectivity index (χ0v) is 10.9. The van der Waals surface area contributed by atoms with Crippen molar-refractivity contribution in [1.29, 1.82) is 0 Å². The van der Waals surface area contributed by atoms with Gasteiger partial charge in [-0.25, -0.2) is 0 Å². The topological polar surface area (TPSA) is 49.3 Å². The van der Waals surface area contributed by atoms with Crippen LogP contribution in [0.15, 0.2) is 24.3 Å². The summed E-state index contributed by atoms with van der Waals surface area (Å²) in [6, 6.07) is 7.57. The fourth-order valence-corrected chi connectivity index (χ4v) is 2.42. The molecular formula is C15H21NO2. The van der Waals surface area contributed by atoms with E-state index in [1.54, 1.807) is 0 Å². The van der Waals surface area contributed by atoms with Gasteiger partial charge in [-0.15, -0.1) is 0 Å². The Morgan fingerprint density at radius 2 is 1.94 bits per heavy atom. The van der Waals surface area contributed by atoms with Gasteiger partial charge in [0, 0.05) is 5.56 Å². The lowest BCUT2D eigenvalue weighted by Crippen LogP contribution is -2.45. The van der Waals surface area contributed by atoms with Gasteiger partial charge in [0.15, 0.2) is 0 Å². The molecule has 2 N–H and O–H groups in total. The van der Waals surface area contributed by atoms with E-state index in [-0.39, 0.29) is 11.9 Å². The highest BCUT2D eigenvalue weighted by Crippen LogP contribution is 2.18. The van der Waals surface area contributed by atoms with Crippen molar-refractivity contribution in [2.75, 3.05) is 0 Å². The Morgan fingerprint density at radius 3 is 2.56 bits per heavy atom. The van der Waals surface area contributed by atoms with Crippen LogP contribution in [-0.4, -0.2) is 23.2 Å². The summed E-state index contributed by atoms with van der Waals surface area (Å²) in [5.74, 6) is -0.0800. The van der Waals surface area contributed by atoms with E-state index in [0.29, 0.717) is 5.56 Å². The Balaban J connectivity index is 1.97. The molecule has 18 heavy (non-hydrogen) atoms. The molecule has 1 amide bonds. The lowest BCUT2D eigenvalue weighted by molar-refractivity contribution is 0.0717. The molecule has 3 nitrogen and oxygen atoms in total. The van der Waals surface area contributed by atoms with Gasteiger partial charge in [0.25, 0.3) is 5.91 Å². The van der Waals surface area contributed by atoms with Crippen LogP contribution in [0.25, 0.3) is 0 Å². The van der Waals surface area contributed by atoms with Crippen molar-refractivity contribution in [2.24, 2.45) is 0 Å². The maximum absolute atomic E-state index is 12.0. The summed E-state index contributed by atoms with van der Waals surface area (Å²) in [5.41, 5.74) is 1.90. The molecule has 0 bridgehead atoms. The van der Waals surface area contributed by atoms with Gasteiger partial charge in [-0.2, -0.15) is 0 Å². The smallest absolute Gasteiger partial charge is 0.251 e. The van der Waals surface area contributed by atoms with E-state index in [4.69, 9.17) is 0 Å². The van der Waals surface area contributed by atoms with Crippen LogP contribution in [-0.2, 0) is 6.42 Å². The molecule has 0 heterocycles. The molecule has 1 aromatic rings. The van der Waals surface area contributed by atoms with Gasteiger partial charge in [-0.3, -0.25) is 4.79 Å². The fourth-order valence-electron chi connectivity index (χ4n) is 2.42. The molecule has 0 saturated heterocycles. The van der Waals surface area contributed by atoms with E-state index in [0.717, 1.165) is 32.1 Å². The van der Waals surface area contributed by atoms with Gasteiger partial charge in [-0.1, -0.05) is 31.9 Å². The molecule has 0 aromatic heterocycles. The van der Waals surface area contributed by atoms with Crippen molar-refractivity contribution in [3.8, 4) is 0 Å². The Bertz CT molecular complexity index is 399. The van der Waals surface area contributed by atoms with E-state index in [9.17, 15) is 9.90 Å². The molecule has 0 unspecified atom stereocenters. The second-order valence-corrected chi connectivity index (χ2v) is 4.98. The summed E-state index contributed by atoms with van der Waals surface area (Å²) in [5, 5.41) is 12.8. The molecule has 0 radical (unpaired) electrons. The van der Waals surface area contributed by atoms with Crippen molar-refractivity contribution in [2.45, 2.75) is 51.2 Å². The molecule has 1 saturated carbocycles. The van der Waals surface area contributed by atoms with Crippen LogP contribution in [0, 0.1) is 0 Å². The number of amides is 1. The lowest BCUT2D eigenvalue weighted by Gasteiger charge is -2.28. The summed E-state index contributed by atoms with van der Waals surface area (Å²) in [6.45, 7) is 2.09. The first-order valence-corrected chi connectivity index (χ1v) is 6.78. The minimum atomic E-state index is -0.391. The first-order valence-electron chi connectivity index (χ1n) is 6.78. The highest BCUT2D eigenvalue weighted by Gasteiger charge is 2.24. The zero-order chi connectivity index (χ0) is 13.0. The summed E-state index contributed by atoms with van der Waals surface area (Å²) in [4.78, 5) is 12.0. The normalized spacial score (nSPS) is 23.7. The highest BCUT2D eigenvalue weighted by molar-refractivity contribution is 5.94. The summed E-state index contributed by atoms with van der Waals surface area (Å²) in [6.07, 6.45) is 4.39. The number of rotatable bonds is 3. The average Bonchev–Trinajstić information content (AvgIpc) is 2.41. The number of hydrogen-bond acceptors (Lipinski definition) is 2. The zero-order valence-electron chi connectivity index (χ0n) is 10.9. The predicted molar refractivity (Wildman–Crippen MR) is 71.5 cm³/mol. The molecule has 1 fully saturated rings. The van der Waals surface area contributed by atoms with Crippen molar-refractivity contribution in [3.05, 3.63) is 35.4 Å². The number of hydrogen-bond donors (Lipinski definition) is 2. The molecule has 0 spiro atoms. The molecule has 98 valence electrons. The number of benzene rings is 1. The number of aliphatic hydroxyl groups excluding tert-OH is 1. The van der Waals surface area contributed by atoms with E-state index in [2.05, 4.69) is 12.2 Å². The maximum atomic E-state index is 12.0. The second kappa shape index (κ2) is 6.01. The number of nitrogens with one attached hydrogen (secondary N) is 1. The second-order valence-electron chi connectivity index (χ2n) is 4.98. The monoisotopic (exact) mass is 247 g/mol. The van der Waals surface area contributed by atoms with Crippen LogP contribution in [0.4, 0.5) is 0 Å². The van der Waals surface area contributed by atoms with Gasteiger partial charge in [-0.05, 0) is 37.0 Å². The number of aliphatic hydroxyl groups is 1. The first-order chi connectivity index (χ1) is 8.70. The summed E-state index contributed by atoms with van der Waals surface area (Å²) >= 11 is 0. The molecule has 2 atom stereocenters. The van der Waals surface area contributed by atoms with Crippen LogP contribution in [0.2, 0.25) is 0 Å². The van der Waals surface area contributed by atoms with Crippen molar-refractivity contribution in [3.63, 3.8) is 0 Å². The third-order valence-electron chi connectivity index (χ3n) is 3.67. The van der Waals surface area contributed by atoms with Crippen LogP contribution in [0.5, 0.6) is 0 Å². The molecular weight excluding hydrogens is 226 g/mol. The molecule has 2 rings (SSSR count). The van der Waals surface area contributed by atoms with Gasteiger partial charge in [0.1, 0.15) is 0 Å². The van der Waals surface area contributed by atoms with Crippen LogP contribution < -0.4 is 5.32 Å². The lowest BCUT2D eigenvalue weighted by atomic mass is 9.92.